The lowest BCUT2D eigenvalue weighted by atomic mass is 10.1. The molecule has 2 aliphatic rings. The second kappa shape index (κ2) is 6.63. The Morgan fingerprint density at radius 2 is 1.82 bits per heavy atom. The number of nitrogens with one attached hydrogen (secondary N) is 1. The normalized spacial score (nSPS) is 18.3. The van der Waals surface area contributed by atoms with Gasteiger partial charge in [-0.3, -0.25) is 14.6 Å². The fourth-order valence-electron chi connectivity index (χ4n) is 3.73. The molecule has 1 N–H and O–H groups in total. The van der Waals surface area contributed by atoms with Crippen molar-refractivity contribution in [1.29, 1.82) is 0 Å². The summed E-state index contributed by atoms with van der Waals surface area (Å²) in [6, 6.07) is 6.59. The van der Waals surface area contributed by atoms with Crippen molar-refractivity contribution in [1.82, 2.24) is 14.4 Å². The van der Waals surface area contributed by atoms with Crippen molar-refractivity contribution in [2.75, 3.05) is 26.0 Å². The highest BCUT2D eigenvalue weighted by atomic mass is 35.5. The minimum absolute atomic E-state index is 0.259. The van der Waals surface area contributed by atoms with Crippen molar-refractivity contribution in [2.45, 2.75) is 26.4 Å². The summed E-state index contributed by atoms with van der Waals surface area (Å²) in [7, 11) is 3.16. The summed E-state index contributed by atoms with van der Waals surface area (Å²) < 4.78 is 4.00. The largest absolute Gasteiger partial charge is 0.402 e. The molecule has 0 spiro atoms. The van der Waals surface area contributed by atoms with Crippen LogP contribution in [0.25, 0.3) is 0 Å². The van der Waals surface area contributed by atoms with Gasteiger partial charge in [-0.2, -0.15) is 0 Å². The van der Waals surface area contributed by atoms with Crippen LogP contribution in [-0.4, -0.2) is 52.8 Å². The monoisotopic (exact) mass is 401 g/mol. The molecule has 3 amide bonds. The fourth-order valence-corrected chi connectivity index (χ4v) is 3.86. The molecular formula is C19H22ClN6O2+. The number of halogens is 1. The van der Waals surface area contributed by atoms with E-state index < -0.39 is 6.04 Å². The van der Waals surface area contributed by atoms with Gasteiger partial charge in [0.25, 0.3) is 5.91 Å². The quantitative estimate of drug-likeness (QED) is 0.798. The van der Waals surface area contributed by atoms with Crippen molar-refractivity contribution in [3.05, 3.63) is 40.7 Å². The van der Waals surface area contributed by atoms with Gasteiger partial charge in [0, 0.05) is 31.4 Å². The molecular weight excluding hydrogens is 380 g/mol. The first-order valence-corrected chi connectivity index (χ1v) is 9.43. The number of amides is 3. The third kappa shape index (κ3) is 2.67. The molecule has 0 bridgehead atoms. The Morgan fingerprint density at radius 1 is 1.14 bits per heavy atom. The maximum atomic E-state index is 12.8. The van der Waals surface area contributed by atoms with E-state index in [9.17, 15) is 9.59 Å². The molecule has 4 rings (SSSR count). The number of hydrogen-bond acceptors (Lipinski definition) is 4. The number of carbonyl (C=O) groups is 2. The Balaban J connectivity index is 1.63. The maximum absolute atomic E-state index is 12.8. The van der Waals surface area contributed by atoms with Crippen molar-refractivity contribution >= 4 is 41.0 Å². The van der Waals surface area contributed by atoms with Crippen molar-refractivity contribution in [3.8, 4) is 0 Å². The van der Waals surface area contributed by atoms with E-state index in [0.29, 0.717) is 29.9 Å². The lowest BCUT2D eigenvalue weighted by molar-refractivity contribution is -0.686. The minimum atomic E-state index is -0.591. The zero-order chi connectivity index (χ0) is 20.2. The summed E-state index contributed by atoms with van der Waals surface area (Å²) in [6.07, 6.45) is 0. The number of hydrogen-bond donors (Lipinski definition) is 1. The van der Waals surface area contributed by atoms with Crippen LogP contribution in [0, 0.1) is 13.8 Å². The van der Waals surface area contributed by atoms with Gasteiger partial charge in [-0.25, -0.2) is 13.9 Å². The van der Waals surface area contributed by atoms with E-state index in [1.165, 1.54) is 11.9 Å². The Hall–Kier alpha value is -2.87. The highest BCUT2D eigenvalue weighted by Gasteiger charge is 2.53. The van der Waals surface area contributed by atoms with Crippen LogP contribution in [0.15, 0.2) is 29.3 Å². The number of anilines is 1. The highest BCUT2D eigenvalue weighted by Crippen LogP contribution is 2.34. The number of fused-ring (bicyclic) bond motifs is 3. The molecule has 0 radical (unpaired) electrons. The first-order chi connectivity index (χ1) is 13.3. The highest BCUT2D eigenvalue weighted by molar-refractivity contribution is 6.30. The van der Waals surface area contributed by atoms with Crippen LogP contribution in [0.1, 0.15) is 17.4 Å². The molecule has 146 valence electrons. The molecule has 1 saturated heterocycles. The minimum Gasteiger partial charge on any atom is -0.382 e. The van der Waals surface area contributed by atoms with Gasteiger partial charge in [0.15, 0.2) is 0 Å². The number of nitrogens with zero attached hydrogens (tertiary/aromatic N) is 5. The van der Waals surface area contributed by atoms with Crippen LogP contribution in [0.5, 0.6) is 0 Å². The number of imidazole rings is 1. The SMILES string of the molecule is Cc1c(C)[n+](CCNc2ccc(Cl)cc2)c2n1C1C(=O)N(C)C(=O)N(C)C1=N2. The molecule has 1 unspecified atom stereocenters. The fraction of sp³-hybridized carbons (Fsp3) is 0.368. The van der Waals surface area contributed by atoms with Gasteiger partial charge in [-0.1, -0.05) is 16.6 Å². The predicted molar refractivity (Wildman–Crippen MR) is 106 cm³/mol. The lowest BCUT2D eigenvalue weighted by Gasteiger charge is -2.30. The second-order valence-electron chi connectivity index (χ2n) is 7.04. The Labute approximate surface area is 168 Å². The number of imide groups is 1. The van der Waals surface area contributed by atoms with Crippen LogP contribution in [-0.2, 0) is 11.3 Å². The summed E-state index contributed by atoms with van der Waals surface area (Å²) in [5.74, 6) is 0.909. The number of aromatic nitrogens is 2. The van der Waals surface area contributed by atoms with Crippen LogP contribution in [0.4, 0.5) is 16.4 Å². The zero-order valence-corrected chi connectivity index (χ0v) is 17.0. The van der Waals surface area contributed by atoms with Gasteiger partial charge >= 0.3 is 12.0 Å². The Kier molecular flexibility index (Phi) is 4.38. The van der Waals surface area contributed by atoms with Gasteiger partial charge in [0.2, 0.25) is 11.9 Å². The first kappa shape index (κ1) is 18.5. The standard InChI is InChI=1S/C19H22ClN6O2/c1-11-12(2)26-15-16(23(3)19(28)24(4)17(15)27)22-18(26)25(11)10-9-21-14-7-5-13(20)6-8-14/h5-8,15,21H,9-10H2,1-4H3/q+1. The average molecular weight is 402 g/mol. The average Bonchev–Trinajstić information content (AvgIpc) is 3.17. The molecule has 28 heavy (non-hydrogen) atoms. The van der Waals surface area contributed by atoms with E-state index in [2.05, 4.69) is 14.9 Å². The molecule has 1 aromatic carbocycles. The molecule has 1 atom stereocenters. The van der Waals surface area contributed by atoms with Crippen LogP contribution < -0.4 is 9.88 Å². The molecule has 0 saturated carbocycles. The van der Waals surface area contributed by atoms with Crippen LogP contribution in [0.2, 0.25) is 5.02 Å². The number of rotatable bonds is 4. The molecule has 2 aromatic rings. The first-order valence-electron chi connectivity index (χ1n) is 9.05. The smallest absolute Gasteiger partial charge is 0.382 e. The Morgan fingerprint density at radius 3 is 2.50 bits per heavy atom. The van der Waals surface area contributed by atoms with Crippen molar-refractivity contribution in [3.63, 3.8) is 0 Å². The molecule has 0 aliphatic carbocycles. The van der Waals surface area contributed by atoms with E-state index >= 15 is 0 Å². The summed E-state index contributed by atoms with van der Waals surface area (Å²) in [5.41, 5.74) is 3.00. The van der Waals surface area contributed by atoms with Crippen molar-refractivity contribution in [2.24, 2.45) is 4.99 Å². The van der Waals surface area contributed by atoms with E-state index in [1.807, 2.05) is 42.7 Å². The van der Waals surface area contributed by atoms with Gasteiger partial charge in [-0.15, -0.1) is 0 Å². The molecule has 1 aromatic heterocycles. The van der Waals surface area contributed by atoms with Crippen LogP contribution in [0.3, 0.4) is 0 Å². The van der Waals surface area contributed by atoms with E-state index in [1.54, 1.807) is 7.05 Å². The van der Waals surface area contributed by atoms with Gasteiger partial charge in [-0.05, 0) is 38.1 Å². The summed E-state index contributed by atoms with van der Waals surface area (Å²) in [6.45, 7) is 5.35. The maximum Gasteiger partial charge on any atom is 0.402 e. The second-order valence-corrected chi connectivity index (χ2v) is 7.47. The van der Waals surface area contributed by atoms with E-state index in [0.717, 1.165) is 22.0 Å². The van der Waals surface area contributed by atoms with E-state index in [-0.39, 0.29) is 11.9 Å². The van der Waals surface area contributed by atoms with E-state index in [4.69, 9.17) is 11.6 Å². The molecule has 2 aliphatic heterocycles. The van der Waals surface area contributed by atoms with Gasteiger partial charge in [0.1, 0.15) is 11.4 Å². The predicted octanol–water partition coefficient (Wildman–Crippen LogP) is 2.27. The summed E-state index contributed by atoms with van der Waals surface area (Å²) in [4.78, 5) is 32.3. The van der Waals surface area contributed by atoms with Gasteiger partial charge in [0.05, 0.1) is 6.54 Å². The number of carbonyl (C=O) groups excluding carboxylic acids is 2. The third-order valence-corrected chi connectivity index (χ3v) is 5.71. The molecule has 3 heterocycles. The number of urea groups is 1. The third-order valence-electron chi connectivity index (χ3n) is 5.45. The number of likely N-dealkylation sites (N-methyl/N-ethyl adjacent to an activating group) is 2. The lowest BCUT2D eigenvalue weighted by Crippen LogP contribution is -2.56. The summed E-state index contributed by atoms with van der Waals surface area (Å²) >= 11 is 5.92. The topological polar surface area (TPSA) is 73.8 Å². The van der Waals surface area contributed by atoms with Crippen molar-refractivity contribution < 1.29 is 14.2 Å². The number of amidine groups is 1. The van der Waals surface area contributed by atoms with Gasteiger partial charge < -0.3 is 5.32 Å². The zero-order valence-electron chi connectivity index (χ0n) is 16.2. The molecule has 1 fully saturated rings. The van der Waals surface area contributed by atoms with Crippen LogP contribution >= 0.6 is 11.6 Å². The summed E-state index contributed by atoms with van der Waals surface area (Å²) in [5, 5.41) is 4.06. The number of aliphatic imine (C=N–C) groups is 1. The Bertz CT molecular complexity index is 1010. The molecule has 9 heteroatoms. The number of benzene rings is 1. The molecule has 8 nitrogen and oxygen atoms in total.